The van der Waals surface area contributed by atoms with Crippen molar-refractivity contribution in [2.75, 3.05) is 5.32 Å². The van der Waals surface area contributed by atoms with Crippen LogP contribution >= 0.6 is 0 Å². The summed E-state index contributed by atoms with van der Waals surface area (Å²) >= 11 is 0. The number of benzene rings is 1. The van der Waals surface area contributed by atoms with Crippen molar-refractivity contribution in [3.8, 4) is 0 Å². The molecule has 1 aromatic heterocycles. The molecule has 1 aliphatic heterocycles. The van der Waals surface area contributed by atoms with E-state index in [0.29, 0.717) is 16.8 Å². The summed E-state index contributed by atoms with van der Waals surface area (Å²) in [6.07, 6.45) is 3.24. The molecule has 1 aliphatic rings. The average Bonchev–Trinajstić information content (AvgIpc) is 2.90. The largest absolute Gasteiger partial charge is 0.361 e. The number of nitrogens with zero attached hydrogens (tertiary/aromatic N) is 2. The molecule has 0 radical (unpaired) electrons. The highest BCUT2D eigenvalue weighted by molar-refractivity contribution is 6.01. The molecule has 20 heavy (non-hydrogen) atoms. The number of hydrogen-bond acceptors (Lipinski definition) is 3. The number of carbonyl (C=O) groups excluding carboxylic acids is 1. The number of fused-ring (bicyclic) bond motifs is 1. The second-order valence-corrected chi connectivity index (χ2v) is 4.83. The zero-order valence-electron chi connectivity index (χ0n) is 11.3. The lowest BCUT2D eigenvalue weighted by Crippen LogP contribution is -2.38. The van der Waals surface area contributed by atoms with Crippen LogP contribution in [0.15, 0.2) is 24.5 Å². The Kier molecular flexibility index (Phi) is 2.93. The number of carbonyl (C=O) groups is 1. The lowest BCUT2D eigenvalue weighted by Gasteiger charge is -2.27. The van der Waals surface area contributed by atoms with E-state index < -0.39 is 0 Å². The maximum atomic E-state index is 13.5. The van der Waals surface area contributed by atoms with Crippen molar-refractivity contribution in [1.82, 2.24) is 15.1 Å². The number of rotatable bonds is 2. The summed E-state index contributed by atoms with van der Waals surface area (Å²) in [5, 5.41) is 10.2. The molecule has 0 bridgehead atoms. The Morgan fingerprint density at radius 3 is 2.90 bits per heavy atom. The van der Waals surface area contributed by atoms with Gasteiger partial charge in [-0.15, -0.1) is 0 Å². The fourth-order valence-electron chi connectivity index (χ4n) is 2.26. The molecule has 2 heterocycles. The first-order valence-electron chi connectivity index (χ1n) is 6.48. The predicted molar refractivity (Wildman–Crippen MR) is 72.9 cm³/mol. The molecule has 1 aromatic carbocycles. The molecule has 1 amide bonds. The molecular formula is C14H15FN4O. The van der Waals surface area contributed by atoms with Crippen LogP contribution in [0.4, 0.5) is 10.1 Å². The van der Waals surface area contributed by atoms with Gasteiger partial charge in [-0.05, 0) is 31.5 Å². The SMILES string of the molecule is CCn1cc(C2NC(=O)c3cc(F)c(C)cc3N2)cn1. The summed E-state index contributed by atoms with van der Waals surface area (Å²) in [4.78, 5) is 12.1. The zero-order valence-corrected chi connectivity index (χ0v) is 11.3. The summed E-state index contributed by atoms with van der Waals surface area (Å²) in [6, 6.07) is 2.92. The van der Waals surface area contributed by atoms with Crippen LogP contribution in [0.3, 0.4) is 0 Å². The van der Waals surface area contributed by atoms with Crippen molar-refractivity contribution in [2.45, 2.75) is 26.6 Å². The Labute approximate surface area is 115 Å². The standard InChI is InChI=1S/C14H15FN4O/c1-3-19-7-9(6-16-19)13-17-12-4-8(2)11(15)5-10(12)14(20)18-13/h4-7,13,17H,3H2,1-2H3,(H,18,20). The van der Waals surface area contributed by atoms with Gasteiger partial charge in [0.15, 0.2) is 0 Å². The highest BCUT2D eigenvalue weighted by atomic mass is 19.1. The van der Waals surface area contributed by atoms with Crippen molar-refractivity contribution >= 4 is 11.6 Å². The van der Waals surface area contributed by atoms with Crippen LogP contribution in [0.2, 0.25) is 0 Å². The monoisotopic (exact) mass is 274 g/mol. The number of aromatic nitrogens is 2. The number of aryl methyl sites for hydroxylation is 2. The fraction of sp³-hybridized carbons (Fsp3) is 0.286. The first-order chi connectivity index (χ1) is 9.58. The predicted octanol–water partition coefficient (Wildman–Crippen LogP) is 2.20. The van der Waals surface area contributed by atoms with Crippen LogP contribution in [0, 0.1) is 12.7 Å². The summed E-state index contributed by atoms with van der Waals surface area (Å²) in [7, 11) is 0. The van der Waals surface area contributed by atoms with E-state index in [4.69, 9.17) is 0 Å². The lowest BCUT2D eigenvalue weighted by molar-refractivity contribution is 0.0935. The zero-order chi connectivity index (χ0) is 14.3. The molecule has 0 spiro atoms. The molecule has 0 saturated carbocycles. The van der Waals surface area contributed by atoms with Crippen LogP contribution in [0.5, 0.6) is 0 Å². The second kappa shape index (κ2) is 4.63. The molecule has 2 aromatic rings. The molecule has 0 aliphatic carbocycles. The summed E-state index contributed by atoms with van der Waals surface area (Å²) in [6.45, 7) is 4.43. The van der Waals surface area contributed by atoms with Gasteiger partial charge in [0.1, 0.15) is 12.0 Å². The van der Waals surface area contributed by atoms with Crippen molar-refractivity contribution in [3.05, 3.63) is 47.0 Å². The summed E-state index contributed by atoms with van der Waals surface area (Å²) in [5.41, 5.74) is 2.34. The molecule has 5 nitrogen and oxygen atoms in total. The van der Waals surface area contributed by atoms with Gasteiger partial charge >= 0.3 is 0 Å². The highest BCUT2D eigenvalue weighted by Crippen LogP contribution is 2.28. The van der Waals surface area contributed by atoms with E-state index in [-0.39, 0.29) is 17.9 Å². The van der Waals surface area contributed by atoms with Gasteiger partial charge in [0.05, 0.1) is 11.8 Å². The number of amides is 1. The number of anilines is 1. The van der Waals surface area contributed by atoms with E-state index in [2.05, 4.69) is 15.7 Å². The minimum Gasteiger partial charge on any atom is -0.361 e. The van der Waals surface area contributed by atoms with Crippen LogP contribution in [-0.2, 0) is 6.54 Å². The minimum atomic E-state index is -0.377. The highest BCUT2D eigenvalue weighted by Gasteiger charge is 2.26. The number of nitrogens with one attached hydrogen (secondary N) is 2. The first-order valence-corrected chi connectivity index (χ1v) is 6.48. The number of halogens is 1. The topological polar surface area (TPSA) is 59.0 Å². The molecule has 6 heteroatoms. The van der Waals surface area contributed by atoms with E-state index in [1.807, 2.05) is 13.1 Å². The fourth-order valence-corrected chi connectivity index (χ4v) is 2.26. The van der Waals surface area contributed by atoms with Crippen LogP contribution in [0.1, 0.15) is 34.6 Å². The van der Waals surface area contributed by atoms with Crippen molar-refractivity contribution in [3.63, 3.8) is 0 Å². The van der Waals surface area contributed by atoms with Crippen molar-refractivity contribution in [1.29, 1.82) is 0 Å². The Hall–Kier alpha value is -2.37. The van der Waals surface area contributed by atoms with Crippen LogP contribution < -0.4 is 10.6 Å². The Balaban J connectivity index is 1.95. The summed E-state index contributed by atoms with van der Waals surface area (Å²) in [5.74, 6) is -0.662. The maximum Gasteiger partial charge on any atom is 0.255 e. The molecule has 1 atom stereocenters. The number of hydrogen-bond donors (Lipinski definition) is 2. The maximum absolute atomic E-state index is 13.5. The molecule has 104 valence electrons. The van der Waals surface area contributed by atoms with Gasteiger partial charge in [0.2, 0.25) is 0 Å². The second-order valence-electron chi connectivity index (χ2n) is 4.83. The van der Waals surface area contributed by atoms with Crippen LogP contribution in [-0.4, -0.2) is 15.7 Å². The van der Waals surface area contributed by atoms with Gasteiger partial charge in [0.25, 0.3) is 5.91 Å². The van der Waals surface area contributed by atoms with E-state index in [9.17, 15) is 9.18 Å². The third kappa shape index (κ3) is 2.03. The van der Waals surface area contributed by atoms with Crippen molar-refractivity contribution in [2.24, 2.45) is 0 Å². The van der Waals surface area contributed by atoms with E-state index in [1.54, 1.807) is 23.9 Å². The van der Waals surface area contributed by atoms with Gasteiger partial charge in [-0.1, -0.05) is 0 Å². The van der Waals surface area contributed by atoms with Gasteiger partial charge in [0, 0.05) is 24.0 Å². The molecular weight excluding hydrogens is 259 g/mol. The van der Waals surface area contributed by atoms with E-state index in [1.165, 1.54) is 6.07 Å². The Morgan fingerprint density at radius 2 is 2.20 bits per heavy atom. The minimum absolute atomic E-state index is 0.285. The van der Waals surface area contributed by atoms with Gasteiger partial charge in [-0.2, -0.15) is 5.10 Å². The third-order valence-corrected chi connectivity index (χ3v) is 3.43. The van der Waals surface area contributed by atoms with E-state index in [0.717, 1.165) is 12.1 Å². The quantitative estimate of drug-likeness (QED) is 0.882. The third-order valence-electron chi connectivity index (χ3n) is 3.43. The van der Waals surface area contributed by atoms with Gasteiger partial charge in [-0.3, -0.25) is 9.48 Å². The smallest absolute Gasteiger partial charge is 0.255 e. The van der Waals surface area contributed by atoms with E-state index >= 15 is 0 Å². The van der Waals surface area contributed by atoms with Crippen molar-refractivity contribution < 1.29 is 9.18 Å². The molecule has 0 saturated heterocycles. The Morgan fingerprint density at radius 1 is 1.40 bits per heavy atom. The molecule has 2 N–H and O–H groups in total. The lowest BCUT2D eigenvalue weighted by atomic mass is 10.0. The normalized spacial score (nSPS) is 17.4. The summed E-state index contributed by atoms with van der Waals surface area (Å²) < 4.78 is 15.3. The van der Waals surface area contributed by atoms with Crippen LogP contribution in [0.25, 0.3) is 0 Å². The Bertz CT molecular complexity index is 680. The van der Waals surface area contributed by atoms with Gasteiger partial charge < -0.3 is 10.6 Å². The average molecular weight is 274 g/mol. The molecule has 0 fully saturated rings. The molecule has 3 rings (SSSR count). The van der Waals surface area contributed by atoms with Gasteiger partial charge in [-0.25, -0.2) is 4.39 Å². The first kappa shape index (κ1) is 12.7. The molecule has 1 unspecified atom stereocenters.